The van der Waals surface area contributed by atoms with E-state index in [1.807, 2.05) is 60.8 Å². The van der Waals surface area contributed by atoms with Crippen LogP contribution in [-0.2, 0) is 24.4 Å². The van der Waals surface area contributed by atoms with Gasteiger partial charge in [-0.3, -0.25) is 9.80 Å². The maximum Gasteiger partial charge on any atom is 0.184 e. The van der Waals surface area contributed by atoms with Gasteiger partial charge in [0.15, 0.2) is 5.78 Å². The number of hydrogen-bond donors (Lipinski definition) is 2. The van der Waals surface area contributed by atoms with Crippen LogP contribution in [-0.4, -0.2) is 17.3 Å². The predicted octanol–water partition coefficient (Wildman–Crippen LogP) is 2.86. The van der Waals surface area contributed by atoms with E-state index in [0.717, 1.165) is 30.0 Å². The summed E-state index contributed by atoms with van der Waals surface area (Å²) in [6, 6.07) is 16.0. The number of ketones is 1. The first kappa shape index (κ1) is 16.4. The van der Waals surface area contributed by atoms with Gasteiger partial charge in [0.25, 0.3) is 0 Å². The van der Waals surface area contributed by atoms with Crippen molar-refractivity contribution in [2.75, 3.05) is 6.54 Å². The molecule has 0 saturated heterocycles. The molecule has 4 rings (SSSR count). The molecule has 0 aromatic heterocycles. The maximum atomic E-state index is 12.5. The lowest BCUT2D eigenvalue weighted by atomic mass is 10.0. The summed E-state index contributed by atoms with van der Waals surface area (Å²) >= 11 is 0. The van der Waals surface area contributed by atoms with E-state index < -0.39 is 0 Å². The lowest BCUT2D eigenvalue weighted by molar-refractivity contribution is 0.0936. The minimum absolute atomic E-state index is 0.0823. The largest absolute Gasteiger partial charge is 0.487 e. The zero-order valence-corrected chi connectivity index (χ0v) is 14.4. The molecule has 0 spiro atoms. The number of hydrogen-bond acceptors (Lipinski definition) is 5. The summed E-state index contributed by atoms with van der Waals surface area (Å²) in [5.74, 6) is 0.820. The second-order valence-electron chi connectivity index (χ2n) is 6.40. The highest BCUT2D eigenvalue weighted by Gasteiger charge is 2.16. The molecule has 2 aliphatic rings. The molecule has 2 N–H and O–H groups in total. The Labute approximate surface area is 152 Å². The summed E-state index contributed by atoms with van der Waals surface area (Å²) < 4.78 is 5.75. The Morgan fingerprint density at radius 3 is 2.73 bits per heavy atom. The van der Waals surface area contributed by atoms with Crippen LogP contribution >= 0.6 is 0 Å². The standard InChI is InChI=1S/C21H21N3O2/c25-21(17-6-7-18-11-22-12-19(18)10-17)14-24-9-8-20(13-23-24)26-15-16-4-2-1-3-5-16/h1-10,13,22-23H,11-12,14-15H2. The van der Waals surface area contributed by atoms with Crippen molar-refractivity contribution in [1.29, 1.82) is 0 Å². The Hall–Kier alpha value is -3.05. The van der Waals surface area contributed by atoms with Gasteiger partial charge in [0, 0.05) is 24.9 Å². The number of carbonyl (C=O) groups is 1. The van der Waals surface area contributed by atoms with Crippen LogP contribution in [0.2, 0.25) is 0 Å². The molecular weight excluding hydrogens is 326 g/mol. The first-order valence-corrected chi connectivity index (χ1v) is 8.71. The summed E-state index contributed by atoms with van der Waals surface area (Å²) in [5, 5.41) is 5.05. The number of fused-ring (bicyclic) bond motifs is 1. The highest BCUT2D eigenvalue weighted by molar-refractivity contribution is 5.98. The normalized spacial score (nSPS) is 15.2. The summed E-state index contributed by atoms with van der Waals surface area (Å²) in [7, 11) is 0. The van der Waals surface area contributed by atoms with Crippen molar-refractivity contribution in [2.45, 2.75) is 19.7 Å². The lowest BCUT2D eigenvalue weighted by Gasteiger charge is -2.23. The minimum Gasteiger partial charge on any atom is -0.487 e. The van der Waals surface area contributed by atoms with Crippen LogP contribution in [0.4, 0.5) is 0 Å². The molecule has 0 aliphatic carbocycles. The molecule has 0 bridgehead atoms. The second kappa shape index (κ2) is 7.45. The van der Waals surface area contributed by atoms with Gasteiger partial charge in [-0.2, -0.15) is 0 Å². The van der Waals surface area contributed by atoms with Crippen LogP contribution in [0.3, 0.4) is 0 Å². The van der Waals surface area contributed by atoms with Gasteiger partial charge in [0.2, 0.25) is 0 Å². The number of ether oxygens (including phenoxy) is 1. The maximum absolute atomic E-state index is 12.5. The summed E-state index contributed by atoms with van der Waals surface area (Å²) in [4.78, 5) is 12.5. The highest BCUT2D eigenvalue weighted by atomic mass is 16.5. The molecule has 5 nitrogen and oxygen atoms in total. The van der Waals surface area contributed by atoms with Crippen LogP contribution in [0.15, 0.2) is 72.8 Å². The number of Topliss-reactive ketones (excluding diaryl/α,β-unsaturated/α-hetero) is 1. The zero-order chi connectivity index (χ0) is 17.8. The third-order valence-electron chi connectivity index (χ3n) is 4.51. The van der Waals surface area contributed by atoms with E-state index in [0.29, 0.717) is 6.61 Å². The number of allylic oxidation sites excluding steroid dienone is 1. The van der Waals surface area contributed by atoms with Gasteiger partial charge in [-0.25, -0.2) is 0 Å². The first-order valence-electron chi connectivity index (χ1n) is 8.71. The van der Waals surface area contributed by atoms with E-state index in [-0.39, 0.29) is 12.3 Å². The fourth-order valence-electron chi connectivity index (χ4n) is 3.04. The SMILES string of the molecule is O=C(CN1C=CC(OCc2ccccc2)=CN1)c1ccc2c(c1)CNC2. The molecule has 2 aromatic carbocycles. The van der Waals surface area contributed by atoms with Crippen LogP contribution in [0.25, 0.3) is 0 Å². The van der Waals surface area contributed by atoms with E-state index in [2.05, 4.69) is 10.7 Å². The molecule has 0 amide bonds. The van der Waals surface area contributed by atoms with Crippen LogP contribution in [0.5, 0.6) is 0 Å². The third kappa shape index (κ3) is 3.78. The van der Waals surface area contributed by atoms with Gasteiger partial charge in [-0.1, -0.05) is 42.5 Å². The number of nitrogens with one attached hydrogen (secondary N) is 2. The Kier molecular flexibility index (Phi) is 4.71. The van der Waals surface area contributed by atoms with Crippen molar-refractivity contribution in [1.82, 2.24) is 15.8 Å². The number of benzene rings is 2. The molecule has 5 heteroatoms. The number of rotatable bonds is 6. The van der Waals surface area contributed by atoms with Gasteiger partial charge in [-0.15, -0.1) is 0 Å². The molecule has 0 saturated carbocycles. The van der Waals surface area contributed by atoms with E-state index in [4.69, 9.17) is 4.74 Å². The Balaban J connectivity index is 1.30. The van der Waals surface area contributed by atoms with Crippen LogP contribution < -0.4 is 10.7 Å². The molecule has 132 valence electrons. The lowest BCUT2D eigenvalue weighted by Crippen LogP contribution is -2.36. The van der Waals surface area contributed by atoms with Gasteiger partial charge in [0.1, 0.15) is 18.9 Å². The fourth-order valence-corrected chi connectivity index (χ4v) is 3.04. The smallest absolute Gasteiger partial charge is 0.184 e. The van der Waals surface area contributed by atoms with Crippen molar-refractivity contribution in [3.8, 4) is 0 Å². The van der Waals surface area contributed by atoms with Crippen LogP contribution in [0.1, 0.15) is 27.0 Å². The number of hydrazine groups is 1. The van der Waals surface area contributed by atoms with E-state index in [1.54, 1.807) is 11.2 Å². The Bertz CT molecular complexity index is 859. The third-order valence-corrected chi connectivity index (χ3v) is 4.51. The van der Waals surface area contributed by atoms with Crippen LogP contribution in [0, 0.1) is 0 Å². The average Bonchev–Trinajstić information content (AvgIpc) is 3.16. The van der Waals surface area contributed by atoms with Gasteiger partial charge in [-0.05, 0) is 28.8 Å². The summed E-state index contributed by atoms with van der Waals surface area (Å²) in [5.41, 5.74) is 7.44. The van der Waals surface area contributed by atoms with E-state index >= 15 is 0 Å². The topological polar surface area (TPSA) is 53.6 Å². The molecule has 26 heavy (non-hydrogen) atoms. The number of carbonyl (C=O) groups excluding carboxylic acids is 1. The van der Waals surface area contributed by atoms with Gasteiger partial charge in [0.05, 0.1) is 6.20 Å². The molecule has 0 fully saturated rings. The van der Waals surface area contributed by atoms with Crippen molar-refractivity contribution < 1.29 is 9.53 Å². The predicted molar refractivity (Wildman–Crippen MR) is 99.6 cm³/mol. The van der Waals surface area contributed by atoms with Crippen molar-refractivity contribution >= 4 is 5.78 Å². The monoisotopic (exact) mass is 347 g/mol. The first-order chi connectivity index (χ1) is 12.8. The molecule has 2 aromatic rings. The van der Waals surface area contributed by atoms with E-state index in [1.165, 1.54) is 11.1 Å². The molecule has 2 aliphatic heterocycles. The molecule has 2 heterocycles. The minimum atomic E-state index is 0.0823. The molecular formula is C21H21N3O2. The second-order valence-corrected chi connectivity index (χ2v) is 6.40. The van der Waals surface area contributed by atoms with E-state index in [9.17, 15) is 4.79 Å². The zero-order valence-electron chi connectivity index (χ0n) is 14.4. The summed E-state index contributed by atoms with van der Waals surface area (Å²) in [6.45, 7) is 2.51. The Morgan fingerprint density at radius 2 is 1.92 bits per heavy atom. The quantitative estimate of drug-likeness (QED) is 0.787. The molecule has 0 unspecified atom stereocenters. The summed E-state index contributed by atoms with van der Waals surface area (Å²) in [6.07, 6.45) is 5.45. The molecule has 0 atom stereocenters. The van der Waals surface area contributed by atoms with Crippen molar-refractivity contribution in [3.63, 3.8) is 0 Å². The fraction of sp³-hybridized carbons (Fsp3) is 0.190. The number of nitrogens with zero attached hydrogens (tertiary/aromatic N) is 1. The van der Waals surface area contributed by atoms with Crippen molar-refractivity contribution in [2.24, 2.45) is 0 Å². The Morgan fingerprint density at radius 1 is 1.08 bits per heavy atom. The van der Waals surface area contributed by atoms with Gasteiger partial charge >= 0.3 is 0 Å². The average molecular weight is 347 g/mol. The molecule has 0 radical (unpaired) electrons. The van der Waals surface area contributed by atoms with Crippen molar-refractivity contribution in [3.05, 3.63) is 95.0 Å². The highest BCUT2D eigenvalue weighted by Crippen LogP contribution is 2.18. The van der Waals surface area contributed by atoms with Gasteiger partial charge < -0.3 is 15.5 Å².